The Bertz CT molecular complexity index is 347. The second kappa shape index (κ2) is 4.96. The van der Waals surface area contributed by atoms with Gasteiger partial charge in [-0.15, -0.1) is 0 Å². The fourth-order valence-corrected chi connectivity index (χ4v) is 1.86. The fraction of sp³-hybridized carbons (Fsp3) is 0.571. The van der Waals surface area contributed by atoms with Crippen LogP contribution in [0, 0.1) is 0 Å². The van der Waals surface area contributed by atoms with Crippen LogP contribution in [0.2, 0.25) is 0 Å². The van der Waals surface area contributed by atoms with E-state index in [2.05, 4.69) is 5.32 Å². The van der Waals surface area contributed by atoms with E-state index in [-0.39, 0.29) is 5.60 Å². The average molecular weight is 235 g/mol. The molecule has 1 atom stereocenters. The molecule has 1 aromatic carbocycles. The monoisotopic (exact) mass is 235 g/mol. The number of ether oxygens (including phenoxy) is 2. The van der Waals surface area contributed by atoms with Gasteiger partial charge in [0.05, 0.1) is 0 Å². The maximum Gasteiger partial charge on any atom is 0.120 e. The zero-order chi connectivity index (χ0) is 12.3. The molecule has 0 saturated carbocycles. The molecule has 1 aliphatic rings. The average Bonchev–Trinajstić information content (AvgIpc) is 2.71. The topological polar surface area (TPSA) is 30.5 Å². The highest BCUT2D eigenvalue weighted by atomic mass is 16.5. The molecule has 2 rings (SSSR count). The van der Waals surface area contributed by atoms with Gasteiger partial charge in [0.15, 0.2) is 0 Å². The molecule has 0 spiro atoms. The van der Waals surface area contributed by atoms with E-state index in [0.717, 1.165) is 31.0 Å². The summed E-state index contributed by atoms with van der Waals surface area (Å²) in [5, 5.41) is 3.29. The second-order valence-electron chi connectivity index (χ2n) is 5.42. The molecule has 0 aliphatic carbocycles. The quantitative estimate of drug-likeness (QED) is 0.873. The van der Waals surface area contributed by atoms with Gasteiger partial charge in [0.1, 0.15) is 23.2 Å². The summed E-state index contributed by atoms with van der Waals surface area (Å²) >= 11 is 0. The maximum absolute atomic E-state index is 5.84. The van der Waals surface area contributed by atoms with E-state index in [1.807, 2.05) is 45.0 Å². The van der Waals surface area contributed by atoms with Crippen LogP contribution in [0.25, 0.3) is 0 Å². The molecule has 94 valence electrons. The molecule has 0 aromatic heterocycles. The predicted molar refractivity (Wildman–Crippen MR) is 68.7 cm³/mol. The summed E-state index contributed by atoms with van der Waals surface area (Å²) in [6.45, 7) is 8.13. The number of rotatable bonds is 3. The highest BCUT2D eigenvalue weighted by Gasteiger charge is 2.16. The smallest absolute Gasteiger partial charge is 0.120 e. The van der Waals surface area contributed by atoms with Crippen molar-refractivity contribution in [1.82, 2.24) is 5.32 Å². The molecule has 0 bridgehead atoms. The van der Waals surface area contributed by atoms with Crippen LogP contribution in [0.4, 0.5) is 0 Å². The van der Waals surface area contributed by atoms with Gasteiger partial charge in [-0.25, -0.2) is 0 Å². The first-order valence-electron chi connectivity index (χ1n) is 6.19. The predicted octanol–water partition coefficient (Wildman–Crippen LogP) is 2.60. The van der Waals surface area contributed by atoms with Crippen molar-refractivity contribution in [2.75, 3.05) is 13.1 Å². The van der Waals surface area contributed by atoms with Gasteiger partial charge in [0, 0.05) is 6.54 Å². The van der Waals surface area contributed by atoms with Crippen molar-refractivity contribution in [2.45, 2.75) is 38.9 Å². The fourth-order valence-electron chi connectivity index (χ4n) is 1.86. The van der Waals surface area contributed by atoms with E-state index in [1.54, 1.807) is 0 Å². The van der Waals surface area contributed by atoms with Gasteiger partial charge in [-0.3, -0.25) is 0 Å². The van der Waals surface area contributed by atoms with Gasteiger partial charge in [-0.1, -0.05) is 0 Å². The zero-order valence-electron chi connectivity index (χ0n) is 10.8. The molecule has 0 amide bonds. The first-order valence-corrected chi connectivity index (χ1v) is 6.19. The van der Waals surface area contributed by atoms with E-state index in [4.69, 9.17) is 9.47 Å². The number of nitrogens with one attached hydrogen (secondary N) is 1. The Morgan fingerprint density at radius 2 is 1.76 bits per heavy atom. The van der Waals surface area contributed by atoms with E-state index in [0.29, 0.717) is 6.10 Å². The van der Waals surface area contributed by atoms with Crippen LogP contribution in [0.3, 0.4) is 0 Å². The van der Waals surface area contributed by atoms with Crippen LogP contribution in [-0.2, 0) is 0 Å². The minimum absolute atomic E-state index is 0.155. The lowest BCUT2D eigenvalue weighted by molar-refractivity contribution is 0.130. The van der Waals surface area contributed by atoms with Crippen molar-refractivity contribution in [3.05, 3.63) is 24.3 Å². The third kappa shape index (κ3) is 3.93. The van der Waals surface area contributed by atoms with Gasteiger partial charge >= 0.3 is 0 Å². The molecule has 1 N–H and O–H groups in total. The summed E-state index contributed by atoms with van der Waals surface area (Å²) in [4.78, 5) is 0. The van der Waals surface area contributed by atoms with Crippen molar-refractivity contribution < 1.29 is 9.47 Å². The molecule has 3 heteroatoms. The first-order chi connectivity index (χ1) is 8.03. The van der Waals surface area contributed by atoms with Crippen LogP contribution in [0.15, 0.2) is 24.3 Å². The molecule has 0 radical (unpaired) electrons. The Kier molecular flexibility index (Phi) is 3.57. The third-order valence-electron chi connectivity index (χ3n) is 2.57. The van der Waals surface area contributed by atoms with Crippen LogP contribution in [-0.4, -0.2) is 24.8 Å². The molecule has 0 unspecified atom stereocenters. The highest BCUT2D eigenvalue weighted by Crippen LogP contribution is 2.22. The minimum Gasteiger partial charge on any atom is -0.489 e. The van der Waals surface area contributed by atoms with E-state index in [9.17, 15) is 0 Å². The number of benzene rings is 1. The largest absolute Gasteiger partial charge is 0.489 e. The van der Waals surface area contributed by atoms with Crippen LogP contribution < -0.4 is 14.8 Å². The van der Waals surface area contributed by atoms with E-state index < -0.39 is 0 Å². The van der Waals surface area contributed by atoms with Crippen molar-refractivity contribution in [3.8, 4) is 11.5 Å². The molecule has 1 aromatic rings. The van der Waals surface area contributed by atoms with Crippen LogP contribution in [0.1, 0.15) is 27.2 Å². The molecule has 17 heavy (non-hydrogen) atoms. The number of hydrogen-bond donors (Lipinski definition) is 1. The Morgan fingerprint density at radius 3 is 2.29 bits per heavy atom. The molecule has 1 fully saturated rings. The van der Waals surface area contributed by atoms with E-state index in [1.165, 1.54) is 0 Å². The summed E-state index contributed by atoms with van der Waals surface area (Å²) in [6, 6.07) is 7.87. The maximum atomic E-state index is 5.84. The number of hydrogen-bond acceptors (Lipinski definition) is 3. The van der Waals surface area contributed by atoms with Crippen LogP contribution in [0.5, 0.6) is 11.5 Å². The van der Waals surface area contributed by atoms with Crippen molar-refractivity contribution in [2.24, 2.45) is 0 Å². The lowest BCUT2D eigenvalue weighted by atomic mass is 10.2. The van der Waals surface area contributed by atoms with Gasteiger partial charge in [-0.05, 0) is 58.0 Å². The van der Waals surface area contributed by atoms with Gasteiger partial charge in [0.25, 0.3) is 0 Å². The summed E-state index contributed by atoms with van der Waals surface area (Å²) < 4.78 is 11.6. The van der Waals surface area contributed by atoms with Gasteiger partial charge in [-0.2, -0.15) is 0 Å². The lowest BCUT2D eigenvalue weighted by Crippen LogP contribution is -2.23. The van der Waals surface area contributed by atoms with Crippen molar-refractivity contribution in [1.29, 1.82) is 0 Å². The normalized spacial score (nSPS) is 20.3. The van der Waals surface area contributed by atoms with Crippen molar-refractivity contribution >= 4 is 0 Å². The molecular weight excluding hydrogens is 214 g/mol. The Balaban J connectivity index is 1.93. The summed E-state index contributed by atoms with van der Waals surface area (Å²) in [5.74, 6) is 1.80. The molecular formula is C14H21NO2. The summed E-state index contributed by atoms with van der Waals surface area (Å²) in [5.41, 5.74) is -0.155. The molecule has 3 nitrogen and oxygen atoms in total. The van der Waals surface area contributed by atoms with Crippen LogP contribution >= 0.6 is 0 Å². The summed E-state index contributed by atoms with van der Waals surface area (Å²) in [6.07, 6.45) is 1.39. The molecule has 1 saturated heterocycles. The minimum atomic E-state index is -0.155. The second-order valence-corrected chi connectivity index (χ2v) is 5.42. The highest BCUT2D eigenvalue weighted by molar-refractivity contribution is 5.31. The lowest BCUT2D eigenvalue weighted by Gasteiger charge is -2.21. The third-order valence-corrected chi connectivity index (χ3v) is 2.57. The SMILES string of the molecule is CC(C)(C)Oc1ccc(O[C@H]2CCNC2)cc1. The van der Waals surface area contributed by atoms with E-state index >= 15 is 0 Å². The van der Waals surface area contributed by atoms with Crippen molar-refractivity contribution in [3.63, 3.8) is 0 Å². The Labute approximate surface area is 103 Å². The molecule has 1 heterocycles. The summed E-state index contributed by atoms with van der Waals surface area (Å²) in [7, 11) is 0. The standard InChI is InChI=1S/C14H21NO2/c1-14(2,3)17-12-6-4-11(5-7-12)16-13-8-9-15-10-13/h4-7,13,15H,8-10H2,1-3H3/t13-/m0/s1. The van der Waals surface area contributed by atoms with Gasteiger partial charge < -0.3 is 14.8 Å². The zero-order valence-corrected chi connectivity index (χ0v) is 10.8. The Morgan fingerprint density at radius 1 is 1.12 bits per heavy atom. The molecule has 1 aliphatic heterocycles. The Hall–Kier alpha value is -1.22. The van der Waals surface area contributed by atoms with Gasteiger partial charge in [0.2, 0.25) is 0 Å². The first kappa shape index (κ1) is 12.2.